The number of rotatable bonds is 5. The summed E-state index contributed by atoms with van der Waals surface area (Å²) in [5.74, 6) is 0.891. The van der Waals surface area contributed by atoms with E-state index < -0.39 is 0 Å². The second-order valence-electron chi connectivity index (χ2n) is 17.1. The van der Waals surface area contributed by atoms with Gasteiger partial charge in [0.1, 0.15) is 11.6 Å². The maximum Gasteiger partial charge on any atom is 0.149 e. The van der Waals surface area contributed by atoms with Gasteiger partial charge in [0.05, 0.1) is 22.3 Å². The Kier molecular flexibility index (Phi) is 8.69. The number of nitrogens with zero attached hydrogens (tertiary/aromatic N) is 3. The molecule has 7 aromatic rings. The van der Waals surface area contributed by atoms with Crippen molar-refractivity contribution in [2.45, 2.75) is 78.6 Å². The topological polar surface area (TPSA) is 50.9 Å². The molecule has 2 aromatic heterocycles. The number of pyridine rings is 1. The summed E-state index contributed by atoms with van der Waals surface area (Å²) in [7, 11) is 0. The molecule has 0 aliphatic heterocycles. The first kappa shape index (κ1) is 34.9. The van der Waals surface area contributed by atoms with Gasteiger partial charge in [0.2, 0.25) is 0 Å². The van der Waals surface area contributed by atoms with Crippen molar-refractivity contribution in [2.24, 2.45) is 0 Å². The molecule has 0 saturated heterocycles. The van der Waals surface area contributed by atoms with E-state index in [1.165, 1.54) is 16.7 Å². The summed E-state index contributed by atoms with van der Waals surface area (Å²) >= 11 is 0. The number of phenolic OH excluding ortho intramolecular Hbond substituents is 1. The fraction of sp³-hybridized carbons (Fsp3) is 0.250. The first-order valence-corrected chi connectivity index (χ1v) is 18.2. The zero-order chi connectivity index (χ0) is 37.0. The highest BCUT2D eigenvalue weighted by molar-refractivity contribution is 5.97. The second-order valence-corrected chi connectivity index (χ2v) is 17.1. The van der Waals surface area contributed by atoms with Crippen molar-refractivity contribution < 1.29 is 5.11 Å². The SMILES string of the molecule is CC(C)(C)c1cc(-n2c(-c3ccc(-c4ccccc4)cc3O)nc3c(-c4cccc(-c5ccccn5)c4)cc(C(C)(C)C)cc32)cc(C(C)(C)C)c1. The van der Waals surface area contributed by atoms with E-state index in [4.69, 9.17) is 4.98 Å². The summed E-state index contributed by atoms with van der Waals surface area (Å²) in [6, 6.07) is 42.3. The van der Waals surface area contributed by atoms with Gasteiger partial charge in [-0.2, -0.15) is 0 Å². The molecule has 0 bridgehead atoms. The Morgan fingerprint density at radius 2 is 1.12 bits per heavy atom. The molecule has 1 N–H and O–H groups in total. The minimum Gasteiger partial charge on any atom is -0.507 e. The normalized spacial score (nSPS) is 12.4. The van der Waals surface area contributed by atoms with E-state index in [1.807, 2.05) is 54.7 Å². The number of aromatic hydroxyl groups is 1. The van der Waals surface area contributed by atoms with Crippen LogP contribution in [0.4, 0.5) is 0 Å². The molecule has 2 heterocycles. The summed E-state index contributed by atoms with van der Waals surface area (Å²) in [6.45, 7) is 20.4. The van der Waals surface area contributed by atoms with Crippen LogP contribution in [0.15, 0.2) is 128 Å². The van der Waals surface area contributed by atoms with E-state index in [-0.39, 0.29) is 22.0 Å². The molecule has 4 nitrogen and oxygen atoms in total. The lowest BCUT2D eigenvalue weighted by Gasteiger charge is -2.27. The van der Waals surface area contributed by atoms with Crippen LogP contribution in [0.2, 0.25) is 0 Å². The van der Waals surface area contributed by atoms with Gasteiger partial charge in [0.15, 0.2) is 0 Å². The number of aromatic nitrogens is 3. The van der Waals surface area contributed by atoms with Gasteiger partial charge >= 0.3 is 0 Å². The second kappa shape index (κ2) is 12.9. The average Bonchev–Trinajstić information content (AvgIpc) is 3.50. The highest BCUT2D eigenvalue weighted by Crippen LogP contribution is 2.43. The van der Waals surface area contributed by atoms with Gasteiger partial charge in [-0.1, -0.05) is 129 Å². The van der Waals surface area contributed by atoms with Gasteiger partial charge in [-0.3, -0.25) is 9.55 Å². The number of phenols is 1. The number of hydrogen-bond donors (Lipinski definition) is 1. The smallest absolute Gasteiger partial charge is 0.149 e. The van der Waals surface area contributed by atoms with Crippen LogP contribution in [0.3, 0.4) is 0 Å². The highest BCUT2D eigenvalue weighted by atomic mass is 16.3. The molecule has 52 heavy (non-hydrogen) atoms. The lowest BCUT2D eigenvalue weighted by Crippen LogP contribution is -2.17. The van der Waals surface area contributed by atoms with Crippen LogP contribution in [0.5, 0.6) is 5.75 Å². The zero-order valence-electron chi connectivity index (χ0n) is 31.9. The van der Waals surface area contributed by atoms with Crippen molar-refractivity contribution in [3.8, 4) is 56.3 Å². The van der Waals surface area contributed by atoms with E-state index in [1.54, 1.807) is 0 Å². The summed E-state index contributed by atoms with van der Waals surface area (Å²) in [5.41, 5.74) is 13.1. The van der Waals surface area contributed by atoms with Crippen LogP contribution in [0.1, 0.15) is 79.0 Å². The third kappa shape index (κ3) is 6.78. The molecule has 262 valence electrons. The molecular weight excluding hydrogens is 635 g/mol. The number of imidazole rings is 1. The molecule has 5 aromatic carbocycles. The van der Waals surface area contributed by atoms with E-state index in [2.05, 4.69) is 145 Å². The molecule has 0 unspecified atom stereocenters. The fourth-order valence-electron chi connectivity index (χ4n) is 6.79. The molecule has 4 heteroatoms. The van der Waals surface area contributed by atoms with Gasteiger partial charge in [-0.05, 0) is 104 Å². The van der Waals surface area contributed by atoms with Crippen molar-refractivity contribution in [1.82, 2.24) is 14.5 Å². The molecule has 0 saturated carbocycles. The summed E-state index contributed by atoms with van der Waals surface area (Å²) in [4.78, 5) is 10.1. The lowest BCUT2D eigenvalue weighted by atomic mass is 9.80. The molecule has 0 aliphatic rings. The molecule has 0 aliphatic carbocycles. The average molecular weight is 684 g/mol. The quantitative estimate of drug-likeness (QED) is 0.196. The maximum atomic E-state index is 11.8. The summed E-state index contributed by atoms with van der Waals surface area (Å²) in [6.07, 6.45) is 1.83. The summed E-state index contributed by atoms with van der Waals surface area (Å²) in [5, 5.41) is 11.8. The first-order valence-electron chi connectivity index (χ1n) is 18.2. The standard InChI is InChI=1S/C48H49N3O/c1-46(2,3)35-26-36(47(4,5)6)28-38(27-35)51-42-30-37(48(7,8)9)29-40(33-18-15-19-34(24-33)41-20-13-14-23-49-41)44(42)50-45(51)39-22-21-32(25-43(39)52)31-16-11-10-12-17-31/h10-30,52H,1-9H3. The van der Waals surface area contributed by atoms with E-state index in [0.29, 0.717) is 11.4 Å². The molecule has 0 amide bonds. The van der Waals surface area contributed by atoms with Crippen LogP contribution in [0.25, 0.3) is 61.6 Å². The Balaban J connectivity index is 1.58. The predicted octanol–water partition coefficient (Wildman–Crippen LogP) is 12.7. The van der Waals surface area contributed by atoms with Crippen LogP contribution >= 0.6 is 0 Å². The van der Waals surface area contributed by atoms with E-state index in [9.17, 15) is 5.11 Å². The minimum atomic E-state index is -0.139. The molecular formula is C48H49N3O. The molecule has 7 rings (SSSR count). The molecule has 0 radical (unpaired) electrons. The number of fused-ring (bicyclic) bond motifs is 1. The Labute approximate surface area is 308 Å². The van der Waals surface area contributed by atoms with Crippen molar-refractivity contribution in [3.05, 3.63) is 144 Å². The van der Waals surface area contributed by atoms with Gasteiger partial charge in [0, 0.05) is 23.0 Å². The third-order valence-electron chi connectivity index (χ3n) is 10.0. The fourth-order valence-corrected chi connectivity index (χ4v) is 6.79. The third-order valence-corrected chi connectivity index (χ3v) is 10.0. The Morgan fingerprint density at radius 1 is 0.500 bits per heavy atom. The highest BCUT2D eigenvalue weighted by Gasteiger charge is 2.27. The number of benzene rings is 5. The predicted molar refractivity (Wildman–Crippen MR) is 218 cm³/mol. The van der Waals surface area contributed by atoms with Crippen LogP contribution in [0, 0.1) is 0 Å². The largest absolute Gasteiger partial charge is 0.507 e. The minimum absolute atomic E-state index is 0.0837. The monoisotopic (exact) mass is 683 g/mol. The van der Waals surface area contributed by atoms with Crippen LogP contribution in [-0.2, 0) is 16.2 Å². The zero-order valence-corrected chi connectivity index (χ0v) is 31.9. The van der Waals surface area contributed by atoms with Gasteiger partial charge in [0.25, 0.3) is 0 Å². The van der Waals surface area contributed by atoms with Gasteiger partial charge < -0.3 is 5.11 Å². The first-order chi connectivity index (χ1) is 24.6. The Hall–Kier alpha value is -5.48. The van der Waals surface area contributed by atoms with Crippen molar-refractivity contribution in [3.63, 3.8) is 0 Å². The van der Waals surface area contributed by atoms with Crippen molar-refractivity contribution in [2.75, 3.05) is 0 Å². The molecule has 0 fully saturated rings. The molecule has 0 spiro atoms. The van der Waals surface area contributed by atoms with Gasteiger partial charge in [-0.25, -0.2) is 4.98 Å². The summed E-state index contributed by atoms with van der Waals surface area (Å²) < 4.78 is 2.28. The van der Waals surface area contributed by atoms with Gasteiger partial charge in [-0.15, -0.1) is 0 Å². The van der Waals surface area contributed by atoms with E-state index >= 15 is 0 Å². The van der Waals surface area contributed by atoms with Crippen molar-refractivity contribution in [1.29, 1.82) is 0 Å². The van der Waals surface area contributed by atoms with Crippen LogP contribution < -0.4 is 0 Å². The van der Waals surface area contributed by atoms with E-state index in [0.717, 1.165) is 50.2 Å². The van der Waals surface area contributed by atoms with Crippen LogP contribution in [-0.4, -0.2) is 19.6 Å². The molecule has 0 atom stereocenters. The van der Waals surface area contributed by atoms with Crippen molar-refractivity contribution >= 4 is 11.0 Å². The lowest BCUT2D eigenvalue weighted by molar-refractivity contribution is 0.477. The Morgan fingerprint density at radius 3 is 1.73 bits per heavy atom. The number of hydrogen-bond acceptors (Lipinski definition) is 3. The maximum absolute atomic E-state index is 11.8. The Bertz CT molecular complexity index is 2370.